The fourth-order valence-electron chi connectivity index (χ4n) is 4.66. The third-order valence-corrected chi connectivity index (χ3v) is 6.34. The van der Waals surface area contributed by atoms with E-state index in [4.69, 9.17) is 51.5 Å². The van der Waals surface area contributed by atoms with Crippen LogP contribution >= 0.6 is 20.2 Å². The zero-order valence-electron chi connectivity index (χ0n) is 19.2. The first-order chi connectivity index (χ1) is 15.7. The molecule has 2 aliphatic carbocycles. The molecule has 3 rings (SSSR count). The summed E-state index contributed by atoms with van der Waals surface area (Å²) in [7, 11) is 9.59. The van der Waals surface area contributed by atoms with E-state index < -0.39 is 0 Å². The first kappa shape index (κ1) is 28.6. The Kier molecular flexibility index (Phi) is 15.9. The average molecular weight is 536 g/mol. The summed E-state index contributed by atoms with van der Waals surface area (Å²) >= 11 is 0.00694. The number of rotatable bonds is 3. The van der Waals surface area contributed by atoms with Crippen molar-refractivity contribution in [2.45, 2.75) is 94.9 Å². The van der Waals surface area contributed by atoms with E-state index in [1.807, 2.05) is 6.92 Å². The molecule has 7 nitrogen and oxygen atoms in total. The van der Waals surface area contributed by atoms with Gasteiger partial charge in [-0.25, -0.2) is 0 Å². The van der Waals surface area contributed by atoms with Gasteiger partial charge < -0.3 is 31.3 Å². The van der Waals surface area contributed by atoms with Gasteiger partial charge in [-0.2, -0.15) is 56.9 Å². The molecule has 0 aromatic heterocycles. The molecule has 0 aromatic rings. The molecule has 5 atom stereocenters. The molecule has 2 saturated carbocycles. The Labute approximate surface area is 213 Å². The van der Waals surface area contributed by atoms with Gasteiger partial charge in [0.15, 0.2) is 0 Å². The first-order valence-corrected chi connectivity index (χ1v) is 15.3. The van der Waals surface area contributed by atoms with E-state index in [-0.39, 0.29) is 35.5 Å². The second-order valence-electron chi connectivity index (χ2n) is 8.57. The fourth-order valence-corrected chi connectivity index (χ4v) is 4.66. The Morgan fingerprint density at radius 1 is 0.812 bits per heavy atom. The van der Waals surface area contributed by atoms with Gasteiger partial charge in [-0.3, -0.25) is 4.79 Å². The number of hydrogen-bond donors (Lipinski definition) is 0. The van der Waals surface area contributed by atoms with Crippen LogP contribution in [-0.4, -0.2) is 75.5 Å². The van der Waals surface area contributed by atoms with E-state index in [0.717, 1.165) is 45.3 Å². The smallest absolute Gasteiger partial charge is 0 e. The minimum Gasteiger partial charge on any atom is 0 e. The summed E-state index contributed by atoms with van der Waals surface area (Å²) in [5, 5.41) is 24.6. The Balaban J connectivity index is 0. The number of nitrogens with zero attached hydrogens (tertiary/aromatic N) is 5. The van der Waals surface area contributed by atoms with Crippen molar-refractivity contribution >= 4 is 26.2 Å². The molecular weight excluding hydrogens is 492 g/mol. The number of carbonyl (C=O) groups is 1. The third-order valence-electron chi connectivity index (χ3n) is 6.34. The molecular formula is C22H44Cl2MnN5O2-5. The van der Waals surface area contributed by atoms with Crippen LogP contribution in [0.5, 0.6) is 0 Å². The number of ether oxygens (including phenoxy) is 1. The van der Waals surface area contributed by atoms with Crippen LogP contribution in [0.4, 0.5) is 0 Å². The summed E-state index contributed by atoms with van der Waals surface area (Å²) in [5.74, 6) is -0.169. The zero-order valence-corrected chi connectivity index (χ0v) is 21.9. The van der Waals surface area contributed by atoms with Crippen LogP contribution in [0.3, 0.4) is 0 Å². The maximum atomic E-state index is 11.6. The summed E-state index contributed by atoms with van der Waals surface area (Å²) in [6, 6.07) is 1.22. The third kappa shape index (κ3) is 11.2. The Morgan fingerprint density at radius 3 is 1.66 bits per heavy atom. The molecule has 0 aromatic carbocycles. The van der Waals surface area contributed by atoms with Crippen LogP contribution in [0.15, 0.2) is 0 Å². The van der Waals surface area contributed by atoms with Crippen LogP contribution in [0, 0.1) is 0 Å². The topological polar surface area (TPSA) is 96.8 Å². The van der Waals surface area contributed by atoms with Crippen LogP contribution in [0.1, 0.15) is 69.0 Å². The largest absolute Gasteiger partial charge is 0 e. The normalized spacial score (nSPS) is 32.7. The van der Waals surface area contributed by atoms with E-state index in [1.165, 1.54) is 25.7 Å². The van der Waals surface area contributed by atoms with Crippen molar-refractivity contribution in [2.24, 2.45) is 0 Å². The van der Waals surface area contributed by atoms with Gasteiger partial charge >= 0.3 is 39.3 Å². The standard InChI is InChI=1S/C22H38N5O2.2ClH.Mn.3H2/c1-2-22(28)29-16-17-15-27-21-10-6-5-9-20(21)26-14-13-25-19-8-4-3-7-18(19)24-12-11-23-17;;;;;;/h17-21H,2-16H2,1H3;2*1H;;3*1H/q-5;;;+2;;;/p-2/t17-,18?,19?,20-,21-;;;;;;/m1....../s1. The molecule has 1 saturated heterocycles. The van der Waals surface area contributed by atoms with Crippen LogP contribution < -0.4 is 0 Å². The maximum absolute atomic E-state index is 11.6. The summed E-state index contributed by atoms with van der Waals surface area (Å²) < 4.78 is 5.38. The van der Waals surface area contributed by atoms with Crippen LogP contribution in [-0.2, 0) is 22.7 Å². The molecule has 0 amide bonds. The summed E-state index contributed by atoms with van der Waals surface area (Å²) in [6.07, 6.45) is 9.90. The number of esters is 1. The SMILES string of the molecule is CCC(=O)OC[C@H]1C[N-][C@@H]2CCCC[C@H]2[N-]CC[N-]C2CCCCC2[N-]CC[N-]1.[Cl][Mn][Cl].[HH].[HH].[HH]. The van der Waals surface area contributed by atoms with Gasteiger partial charge in [0.25, 0.3) is 0 Å². The van der Waals surface area contributed by atoms with Crippen molar-refractivity contribution in [3.63, 3.8) is 0 Å². The molecule has 0 N–H and O–H groups in total. The average Bonchev–Trinajstić information content (AvgIpc) is 2.82. The van der Waals surface area contributed by atoms with Crippen molar-refractivity contribution in [1.29, 1.82) is 0 Å². The Hall–Kier alpha value is 0.369. The predicted molar refractivity (Wildman–Crippen MR) is 136 cm³/mol. The Morgan fingerprint density at radius 2 is 1.22 bits per heavy atom. The molecule has 0 bridgehead atoms. The number of hydrogen-bond acceptors (Lipinski definition) is 2. The molecule has 195 valence electrons. The second-order valence-corrected chi connectivity index (χ2v) is 10.5. The van der Waals surface area contributed by atoms with Crippen molar-refractivity contribution < 1.29 is 26.9 Å². The first-order valence-electron chi connectivity index (χ1n) is 12.0. The van der Waals surface area contributed by atoms with Crippen molar-refractivity contribution in [3.05, 3.63) is 26.6 Å². The zero-order chi connectivity index (χ0) is 23.0. The molecule has 32 heavy (non-hydrogen) atoms. The van der Waals surface area contributed by atoms with Crippen LogP contribution in [0.25, 0.3) is 26.6 Å². The molecule has 1 aliphatic heterocycles. The fraction of sp³-hybridized carbons (Fsp3) is 0.955. The van der Waals surface area contributed by atoms with E-state index in [2.05, 4.69) is 0 Å². The number of carbonyl (C=O) groups excluding carboxylic acids is 1. The van der Waals surface area contributed by atoms with Gasteiger partial charge in [-0.1, -0.05) is 58.3 Å². The maximum Gasteiger partial charge on any atom is 0 e. The van der Waals surface area contributed by atoms with Crippen molar-refractivity contribution in [3.8, 4) is 0 Å². The van der Waals surface area contributed by atoms with Gasteiger partial charge in [0.2, 0.25) is 0 Å². The molecule has 2 unspecified atom stereocenters. The van der Waals surface area contributed by atoms with Gasteiger partial charge in [0.1, 0.15) is 0 Å². The minimum atomic E-state index is -0.169. The van der Waals surface area contributed by atoms with Gasteiger partial charge in [-0.15, -0.1) is 6.04 Å². The van der Waals surface area contributed by atoms with Crippen molar-refractivity contribution in [2.75, 3.05) is 39.3 Å². The van der Waals surface area contributed by atoms with Gasteiger partial charge in [-0.05, 0) is 0 Å². The van der Waals surface area contributed by atoms with Crippen molar-refractivity contribution in [1.82, 2.24) is 0 Å². The van der Waals surface area contributed by atoms with E-state index >= 15 is 0 Å². The van der Waals surface area contributed by atoms with E-state index in [9.17, 15) is 4.79 Å². The molecule has 1 heterocycles. The predicted octanol–water partition coefficient (Wildman–Crippen LogP) is 6.93. The van der Waals surface area contributed by atoms with Gasteiger partial charge in [0.05, 0.1) is 6.61 Å². The number of fused-ring (bicyclic) bond motifs is 2. The summed E-state index contributed by atoms with van der Waals surface area (Å²) in [6.45, 7) is 5.79. The summed E-state index contributed by atoms with van der Waals surface area (Å²) in [5.41, 5.74) is 0. The van der Waals surface area contributed by atoms with E-state index in [0.29, 0.717) is 44.2 Å². The molecule has 3 aliphatic rings. The molecule has 3 fully saturated rings. The second kappa shape index (κ2) is 17.8. The van der Waals surface area contributed by atoms with Gasteiger partial charge in [0, 0.05) is 10.7 Å². The minimum absolute atomic E-state index is 0. The van der Waals surface area contributed by atoms with E-state index in [1.54, 1.807) is 0 Å². The molecule has 0 radical (unpaired) electrons. The van der Waals surface area contributed by atoms with Crippen LogP contribution in [0.2, 0.25) is 0 Å². The quantitative estimate of drug-likeness (QED) is 0.289. The Bertz CT molecular complexity index is 524. The monoisotopic (exact) mass is 535 g/mol. The molecule has 10 heteroatoms. The summed E-state index contributed by atoms with van der Waals surface area (Å²) in [4.78, 5) is 11.6. The number of halogens is 2. The molecule has 0 spiro atoms.